The van der Waals surface area contributed by atoms with Crippen molar-refractivity contribution in [3.05, 3.63) is 18.0 Å². The molecular formula is C14H24N2O. The minimum Gasteiger partial charge on any atom is -0.364 e. The molecule has 17 heavy (non-hydrogen) atoms. The number of hydrogen-bond acceptors (Lipinski definition) is 3. The largest absolute Gasteiger partial charge is 0.364 e. The summed E-state index contributed by atoms with van der Waals surface area (Å²) >= 11 is 0. The van der Waals surface area contributed by atoms with Crippen molar-refractivity contribution in [3.63, 3.8) is 0 Å². The minimum absolute atomic E-state index is 0.434. The Morgan fingerprint density at radius 2 is 1.94 bits per heavy atom. The smallest absolute Gasteiger partial charge is 0.124 e. The molecule has 0 amide bonds. The first kappa shape index (κ1) is 12.6. The highest BCUT2D eigenvalue weighted by Gasteiger charge is 2.38. The van der Waals surface area contributed by atoms with Crippen LogP contribution in [0.2, 0.25) is 0 Å². The fourth-order valence-electron chi connectivity index (χ4n) is 3.57. The summed E-state index contributed by atoms with van der Waals surface area (Å²) in [5.74, 6) is 0. The van der Waals surface area contributed by atoms with E-state index < -0.39 is 0 Å². The number of hydrogen-bond donors (Lipinski definition) is 1. The molecule has 2 rings (SSSR count). The zero-order valence-corrected chi connectivity index (χ0v) is 11.4. The molecule has 96 valence electrons. The van der Waals surface area contributed by atoms with Gasteiger partial charge in [-0.05, 0) is 30.1 Å². The van der Waals surface area contributed by atoms with Gasteiger partial charge in [0.05, 0.1) is 5.69 Å². The lowest BCUT2D eigenvalue weighted by Gasteiger charge is -2.45. The van der Waals surface area contributed by atoms with Crippen molar-refractivity contribution in [3.8, 4) is 0 Å². The van der Waals surface area contributed by atoms with E-state index >= 15 is 0 Å². The number of nitrogens with one attached hydrogen (secondary N) is 1. The maximum absolute atomic E-state index is 4.85. The third-order valence-corrected chi connectivity index (χ3v) is 3.62. The average Bonchev–Trinajstić information content (AvgIpc) is 2.61. The highest BCUT2D eigenvalue weighted by atomic mass is 16.5. The summed E-state index contributed by atoms with van der Waals surface area (Å²) in [7, 11) is 0. The Morgan fingerprint density at radius 3 is 2.47 bits per heavy atom. The van der Waals surface area contributed by atoms with Gasteiger partial charge in [0.25, 0.3) is 0 Å². The van der Waals surface area contributed by atoms with Crippen LogP contribution in [0.15, 0.2) is 16.9 Å². The van der Waals surface area contributed by atoms with Gasteiger partial charge in [-0.1, -0.05) is 32.9 Å². The highest BCUT2D eigenvalue weighted by Crippen LogP contribution is 2.45. The maximum Gasteiger partial charge on any atom is 0.124 e. The van der Waals surface area contributed by atoms with Crippen molar-refractivity contribution in [1.29, 1.82) is 0 Å². The molecule has 1 N–H and O–H groups in total. The van der Waals surface area contributed by atoms with E-state index in [-0.39, 0.29) is 0 Å². The van der Waals surface area contributed by atoms with E-state index in [0.717, 1.165) is 12.2 Å². The summed E-state index contributed by atoms with van der Waals surface area (Å²) in [4.78, 5) is 0. The quantitative estimate of drug-likeness (QED) is 0.874. The van der Waals surface area contributed by atoms with Gasteiger partial charge in [0.15, 0.2) is 0 Å². The molecule has 0 unspecified atom stereocenters. The first-order valence-corrected chi connectivity index (χ1v) is 6.49. The molecule has 0 aliphatic heterocycles. The van der Waals surface area contributed by atoms with Crippen molar-refractivity contribution < 1.29 is 4.52 Å². The van der Waals surface area contributed by atoms with Crippen molar-refractivity contribution in [2.24, 2.45) is 10.8 Å². The molecule has 1 fully saturated rings. The van der Waals surface area contributed by atoms with Crippen LogP contribution in [-0.2, 0) is 6.54 Å². The molecule has 1 heterocycles. The Labute approximate surface area is 104 Å². The van der Waals surface area contributed by atoms with Gasteiger partial charge in [-0.25, -0.2) is 0 Å². The van der Waals surface area contributed by atoms with E-state index in [2.05, 4.69) is 38.2 Å². The summed E-state index contributed by atoms with van der Waals surface area (Å²) in [6, 6.07) is 2.51. The van der Waals surface area contributed by atoms with Gasteiger partial charge < -0.3 is 9.84 Å². The van der Waals surface area contributed by atoms with Gasteiger partial charge in [-0.2, -0.15) is 0 Å². The second-order valence-electron chi connectivity index (χ2n) is 6.98. The molecule has 3 heteroatoms. The van der Waals surface area contributed by atoms with Crippen molar-refractivity contribution >= 4 is 0 Å². The molecule has 3 nitrogen and oxygen atoms in total. The maximum atomic E-state index is 4.85. The molecule has 1 aliphatic rings. The van der Waals surface area contributed by atoms with E-state index in [1.807, 2.05) is 6.07 Å². The Bertz CT molecular complexity index is 338. The molecule has 1 aromatic heterocycles. The van der Waals surface area contributed by atoms with E-state index in [0.29, 0.717) is 16.9 Å². The Morgan fingerprint density at radius 1 is 1.29 bits per heavy atom. The molecule has 0 aromatic carbocycles. The van der Waals surface area contributed by atoms with Gasteiger partial charge >= 0.3 is 0 Å². The number of nitrogens with zero attached hydrogens (tertiary/aromatic N) is 1. The van der Waals surface area contributed by atoms with Crippen LogP contribution in [0.1, 0.15) is 52.7 Å². The van der Waals surface area contributed by atoms with Crippen LogP contribution >= 0.6 is 0 Å². The second-order valence-corrected chi connectivity index (χ2v) is 6.98. The number of aromatic nitrogens is 1. The summed E-state index contributed by atoms with van der Waals surface area (Å²) in [5.41, 5.74) is 1.86. The summed E-state index contributed by atoms with van der Waals surface area (Å²) in [6.45, 7) is 10.3. The van der Waals surface area contributed by atoms with E-state index in [1.165, 1.54) is 19.3 Å². The Balaban J connectivity index is 1.92. The van der Waals surface area contributed by atoms with Crippen LogP contribution in [0.25, 0.3) is 0 Å². The minimum atomic E-state index is 0.434. The van der Waals surface area contributed by atoms with E-state index in [1.54, 1.807) is 6.26 Å². The summed E-state index contributed by atoms with van der Waals surface area (Å²) in [5, 5.41) is 7.55. The second kappa shape index (κ2) is 4.45. The fourth-order valence-corrected chi connectivity index (χ4v) is 3.57. The fraction of sp³-hybridized carbons (Fsp3) is 0.786. The molecule has 0 bridgehead atoms. The summed E-state index contributed by atoms with van der Waals surface area (Å²) < 4.78 is 4.85. The van der Waals surface area contributed by atoms with E-state index in [9.17, 15) is 0 Å². The van der Waals surface area contributed by atoms with Gasteiger partial charge in [-0.15, -0.1) is 0 Å². The third-order valence-electron chi connectivity index (χ3n) is 3.62. The zero-order valence-electron chi connectivity index (χ0n) is 11.4. The Kier molecular flexibility index (Phi) is 3.30. The number of rotatable bonds is 3. The SMILES string of the molecule is CC1(C)CC(NCc2ccon2)CC(C)(C)C1. The molecular weight excluding hydrogens is 212 g/mol. The van der Waals surface area contributed by atoms with Gasteiger partial charge in [0.1, 0.15) is 6.26 Å². The molecule has 0 atom stereocenters. The van der Waals surface area contributed by atoms with Crippen LogP contribution in [0.4, 0.5) is 0 Å². The molecule has 1 aliphatic carbocycles. The zero-order chi connectivity index (χ0) is 12.5. The average molecular weight is 236 g/mol. The Hall–Kier alpha value is -0.830. The lowest BCUT2D eigenvalue weighted by molar-refractivity contribution is 0.0842. The molecule has 0 spiro atoms. The molecule has 1 aromatic rings. The van der Waals surface area contributed by atoms with Crippen LogP contribution in [-0.4, -0.2) is 11.2 Å². The molecule has 0 radical (unpaired) electrons. The van der Waals surface area contributed by atoms with Gasteiger partial charge in [-0.3, -0.25) is 0 Å². The normalized spacial score (nSPS) is 23.8. The van der Waals surface area contributed by atoms with Crippen molar-refractivity contribution in [1.82, 2.24) is 10.5 Å². The summed E-state index contributed by atoms with van der Waals surface area (Å²) in [6.07, 6.45) is 5.43. The van der Waals surface area contributed by atoms with E-state index in [4.69, 9.17) is 4.52 Å². The standard InChI is InChI=1S/C14H24N2O/c1-13(2)7-12(8-14(3,4)10-13)15-9-11-5-6-17-16-11/h5-6,12,15H,7-10H2,1-4H3. The highest BCUT2D eigenvalue weighted by molar-refractivity contribution is 4.97. The molecule has 0 saturated heterocycles. The predicted octanol–water partition coefficient (Wildman–Crippen LogP) is 3.37. The van der Waals surface area contributed by atoms with Gasteiger partial charge in [0.2, 0.25) is 0 Å². The predicted molar refractivity (Wildman–Crippen MR) is 68.5 cm³/mol. The first-order valence-electron chi connectivity index (χ1n) is 6.49. The lowest BCUT2D eigenvalue weighted by atomic mass is 9.63. The van der Waals surface area contributed by atoms with Crippen molar-refractivity contribution in [2.45, 2.75) is 59.5 Å². The molecule has 1 saturated carbocycles. The van der Waals surface area contributed by atoms with Crippen molar-refractivity contribution in [2.75, 3.05) is 0 Å². The van der Waals surface area contributed by atoms with Crippen LogP contribution in [0.5, 0.6) is 0 Å². The van der Waals surface area contributed by atoms with Crippen LogP contribution < -0.4 is 5.32 Å². The monoisotopic (exact) mass is 236 g/mol. The topological polar surface area (TPSA) is 38.1 Å². The lowest BCUT2D eigenvalue weighted by Crippen LogP contribution is -2.43. The third kappa shape index (κ3) is 3.56. The van der Waals surface area contributed by atoms with Crippen LogP contribution in [0, 0.1) is 10.8 Å². The first-order chi connectivity index (χ1) is 7.86. The van der Waals surface area contributed by atoms with Gasteiger partial charge in [0, 0.05) is 18.7 Å². The van der Waals surface area contributed by atoms with Crippen LogP contribution in [0.3, 0.4) is 0 Å².